The standard InChI is InChI=1S/C22H28N4O3/c1-28-19-7-5-18(6-8-19)25-10-12-26(13-11-25)21-9-4-17(15-23-21)22(27)24-16-20-3-2-14-29-20/h4-9,15,20H,2-3,10-14,16H2,1H3,(H,24,27). The van der Waals surface area contributed by atoms with Crippen molar-refractivity contribution >= 4 is 17.4 Å². The Kier molecular flexibility index (Phi) is 6.14. The van der Waals surface area contributed by atoms with E-state index in [1.54, 1.807) is 13.3 Å². The van der Waals surface area contributed by atoms with Crippen LogP contribution in [0.4, 0.5) is 11.5 Å². The fourth-order valence-corrected chi connectivity index (χ4v) is 3.81. The third-order valence-corrected chi connectivity index (χ3v) is 5.57. The highest BCUT2D eigenvalue weighted by molar-refractivity contribution is 5.94. The average Bonchev–Trinajstić information content (AvgIpc) is 3.31. The molecule has 0 spiro atoms. The molecule has 0 radical (unpaired) electrons. The van der Waals surface area contributed by atoms with Crippen LogP contribution in [0.3, 0.4) is 0 Å². The molecule has 1 aromatic heterocycles. The summed E-state index contributed by atoms with van der Waals surface area (Å²) in [5.41, 5.74) is 1.79. The minimum absolute atomic E-state index is 0.0936. The van der Waals surface area contributed by atoms with Gasteiger partial charge in [-0.25, -0.2) is 4.98 Å². The maximum atomic E-state index is 12.3. The summed E-state index contributed by atoms with van der Waals surface area (Å²) in [6, 6.07) is 12.0. The molecule has 1 aromatic carbocycles. The highest BCUT2D eigenvalue weighted by Crippen LogP contribution is 2.22. The van der Waals surface area contributed by atoms with Gasteiger partial charge < -0.3 is 24.6 Å². The molecule has 2 saturated heterocycles. The highest BCUT2D eigenvalue weighted by atomic mass is 16.5. The summed E-state index contributed by atoms with van der Waals surface area (Å²) in [4.78, 5) is 21.4. The number of hydrogen-bond acceptors (Lipinski definition) is 6. The summed E-state index contributed by atoms with van der Waals surface area (Å²) in [6.45, 7) is 5.00. The molecule has 1 N–H and O–H groups in total. The van der Waals surface area contributed by atoms with Crippen molar-refractivity contribution in [2.24, 2.45) is 0 Å². The Morgan fingerprint density at radius 2 is 1.90 bits per heavy atom. The van der Waals surface area contributed by atoms with Crippen molar-refractivity contribution < 1.29 is 14.3 Å². The minimum Gasteiger partial charge on any atom is -0.497 e. The fraction of sp³-hybridized carbons (Fsp3) is 0.455. The lowest BCUT2D eigenvalue weighted by Crippen LogP contribution is -2.46. The van der Waals surface area contributed by atoms with Crippen LogP contribution in [0.15, 0.2) is 42.6 Å². The van der Waals surface area contributed by atoms with Gasteiger partial charge in [-0.3, -0.25) is 4.79 Å². The third kappa shape index (κ3) is 4.79. The molecule has 7 nitrogen and oxygen atoms in total. The van der Waals surface area contributed by atoms with Gasteiger partial charge in [-0.05, 0) is 49.2 Å². The van der Waals surface area contributed by atoms with E-state index in [0.717, 1.165) is 57.2 Å². The summed E-state index contributed by atoms with van der Waals surface area (Å²) in [7, 11) is 1.68. The Balaban J connectivity index is 1.28. The fourth-order valence-electron chi connectivity index (χ4n) is 3.81. The number of methoxy groups -OCH3 is 1. The lowest BCUT2D eigenvalue weighted by molar-refractivity contribution is 0.0857. The summed E-state index contributed by atoms with van der Waals surface area (Å²) >= 11 is 0. The number of ether oxygens (including phenoxy) is 2. The summed E-state index contributed by atoms with van der Waals surface area (Å²) in [5, 5.41) is 2.94. The molecule has 2 aliphatic heterocycles. The van der Waals surface area contributed by atoms with Gasteiger partial charge in [0.1, 0.15) is 11.6 Å². The van der Waals surface area contributed by atoms with E-state index in [4.69, 9.17) is 9.47 Å². The van der Waals surface area contributed by atoms with Crippen LogP contribution in [0.2, 0.25) is 0 Å². The maximum Gasteiger partial charge on any atom is 0.252 e. The van der Waals surface area contributed by atoms with Gasteiger partial charge in [0.2, 0.25) is 0 Å². The zero-order valence-electron chi connectivity index (χ0n) is 16.8. The first-order chi connectivity index (χ1) is 14.2. The van der Waals surface area contributed by atoms with Crippen LogP contribution in [0.1, 0.15) is 23.2 Å². The molecule has 0 bridgehead atoms. The van der Waals surface area contributed by atoms with Gasteiger partial charge in [0, 0.05) is 51.2 Å². The van der Waals surface area contributed by atoms with Crippen molar-refractivity contribution in [2.45, 2.75) is 18.9 Å². The van der Waals surface area contributed by atoms with Gasteiger partial charge in [0.05, 0.1) is 18.8 Å². The molecule has 7 heteroatoms. The van der Waals surface area contributed by atoms with Crippen molar-refractivity contribution in [3.05, 3.63) is 48.2 Å². The van der Waals surface area contributed by atoms with E-state index in [1.165, 1.54) is 5.69 Å². The van der Waals surface area contributed by atoms with Gasteiger partial charge >= 0.3 is 0 Å². The number of nitrogens with zero attached hydrogens (tertiary/aromatic N) is 3. The van der Waals surface area contributed by atoms with Crippen LogP contribution in [-0.4, -0.2) is 63.4 Å². The molecule has 0 saturated carbocycles. The summed E-state index contributed by atoms with van der Waals surface area (Å²) in [5.74, 6) is 1.69. The van der Waals surface area contributed by atoms with Crippen LogP contribution in [0.5, 0.6) is 5.75 Å². The lowest BCUT2D eigenvalue weighted by Gasteiger charge is -2.36. The van der Waals surface area contributed by atoms with E-state index in [1.807, 2.05) is 24.3 Å². The molecule has 154 valence electrons. The second-order valence-corrected chi connectivity index (χ2v) is 7.42. The van der Waals surface area contributed by atoms with Gasteiger partial charge in [-0.15, -0.1) is 0 Å². The van der Waals surface area contributed by atoms with Crippen LogP contribution in [0, 0.1) is 0 Å². The lowest BCUT2D eigenvalue weighted by atomic mass is 10.2. The van der Waals surface area contributed by atoms with Crippen molar-refractivity contribution in [1.82, 2.24) is 10.3 Å². The minimum atomic E-state index is -0.0936. The number of pyridine rings is 1. The summed E-state index contributed by atoms with van der Waals surface area (Å²) < 4.78 is 10.8. The van der Waals surface area contributed by atoms with Crippen LogP contribution in [-0.2, 0) is 4.74 Å². The number of nitrogens with one attached hydrogen (secondary N) is 1. The van der Waals surface area contributed by atoms with E-state index in [2.05, 4.69) is 32.2 Å². The first-order valence-corrected chi connectivity index (χ1v) is 10.2. The van der Waals surface area contributed by atoms with E-state index in [0.29, 0.717) is 12.1 Å². The Bertz CT molecular complexity index is 796. The number of hydrogen-bond donors (Lipinski definition) is 1. The molecule has 2 aliphatic rings. The number of piperazine rings is 1. The zero-order chi connectivity index (χ0) is 20.1. The molecule has 2 aromatic rings. The zero-order valence-corrected chi connectivity index (χ0v) is 16.8. The van der Waals surface area contributed by atoms with Crippen LogP contribution < -0.4 is 19.9 Å². The quantitative estimate of drug-likeness (QED) is 0.808. The number of carbonyl (C=O) groups is 1. The maximum absolute atomic E-state index is 12.3. The van der Waals surface area contributed by atoms with E-state index in [-0.39, 0.29) is 12.0 Å². The smallest absolute Gasteiger partial charge is 0.252 e. The van der Waals surface area contributed by atoms with E-state index < -0.39 is 0 Å². The van der Waals surface area contributed by atoms with Crippen molar-refractivity contribution in [3.8, 4) is 5.75 Å². The first kappa shape index (κ1) is 19.5. The number of rotatable bonds is 6. The number of carbonyl (C=O) groups excluding carboxylic acids is 1. The molecule has 3 heterocycles. The highest BCUT2D eigenvalue weighted by Gasteiger charge is 2.20. The van der Waals surface area contributed by atoms with Gasteiger partial charge in [-0.1, -0.05) is 0 Å². The number of benzene rings is 1. The SMILES string of the molecule is COc1ccc(N2CCN(c3ccc(C(=O)NCC4CCCO4)cn3)CC2)cc1. The number of aromatic nitrogens is 1. The molecule has 1 unspecified atom stereocenters. The monoisotopic (exact) mass is 396 g/mol. The van der Waals surface area contributed by atoms with Crippen molar-refractivity contribution in [1.29, 1.82) is 0 Å². The molecule has 1 atom stereocenters. The largest absolute Gasteiger partial charge is 0.497 e. The van der Waals surface area contributed by atoms with E-state index in [9.17, 15) is 4.79 Å². The Labute approximate surface area is 171 Å². The Morgan fingerprint density at radius 1 is 1.14 bits per heavy atom. The predicted molar refractivity (Wildman–Crippen MR) is 113 cm³/mol. The molecule has 0 aliphatic carbocycles. The Hall–Kier alpha value is -2.80. The van der Waals surface area contributed by atoms with Crippen molar-refractivity contribution in [3.63, 3.8) is 0 Å². The Morgan fingerprint density at radius 3 is 2.52 bits per heavy atom. The van der Waals surface area contributed by atoms with Gasteiger partial charge in [0.15, 0.2) is 0 Å². The second kappa shape index (κ2) is 9.13. The summed E-state index contributed by atoms with van der Waals surface area (Å²) in [6.07, 6.45) is 3.89. The molecule has 29 heavy (non-hydrogen) atoms. The topological polar surface area (TPSA) is 66.9 Å². The van der Waals surface area contributed by atoms with Crippen molar-refractivity contribution in [2.75, 3.05) is 56.2 Å². The van der Waals surface area contributed by atoms with Crippen LogP contribution in [0.25, 0.3) is 0 Å². The number of anilines is 2. The molecular weight excluding hydrogens is 368 g/mol. The molecule has 1 amide bonds. The van der Waals surface area contributed by atoms with Crippen LogP contribution >= 0.6 is 0 Å². The average molecular weight is 396 g/mol. The van der Waals surface area contributed by atoms with E-state index >= 15 is 0 Å². The number of amides is 1. The molecule has 4 rings (SSSR count). The molecular formula is C22H28N4O3. The third-order valence-electron chi connectivity index (χ3n) is 5.57. The van der Waals surface area contributed by atoms with Gasteiger partial charge in [0.25, 0.3) is 5.91 Å². The second-order valence-electron chi connectivity index (χ2n) is 7.42. The molecule has 2 fully saturated rings. The van der Waals surface area contributed by atoms with Gasteiger partial charge in [-0.2, -0.15) is 0 Å². The first-order valence-electron chi connectivity index (χ1n) is 10.2. The predicted octanol–water partition coefficient (Wildman–Crippen LogP) is 2.33. The normalized spacial score (nSPS) is 19.3.